The van der Waals surface area contributed by atoms with Crippen LogP contribution in [0.1, 0.15) is 13.3 Å². The van der Waals surface area contributed by atoms with Crippen LogP contribution in [0.4, 0.5) is 0 Å². The molecule has 0 heterocycles. The van der Waals surface area contributed by atoms with Gasteiger partial charge in [0.15, 0.2) is 0 Å². The van der Waals surface area contributed by atoms with E-state index in [2.05, 4.69) is 0 Å². The van der Waals surface area contributed by atoms with E-state index in [0.29, 0.717) is 5.02 Å². The fourth-order valence-corrected chi connectivity index (χ4v) is 2.56. The standard InChI is InChI=1S/C10H12ClNO4S/c1-2-9(10(13)14)12-17(15,16)8-5-3-7(11)4-6-8/h3-6,9,12H,2H2,1H3,(H,13,14)/p-1. The van der Waals surface area contributed by atoms with Gasteiger partial charge in [-0.1, -0.05) is 18.5 Å². The molecule has 1 aromatic rings. The van der Waals surface area contributed by atoms with E-state index < -0.39 is 22.0 Å². The van der Waals surface area contributed by atoms with E-state index in [4.69, 9.17) is 11.6 Å². The molecule has 0 fully saturated rings. The van der Waals surface area contributed by atoms with E-state index in [0.717, 1.165) is 0 Å². The third kappa shape index (κ3) is 3.69. The van der Waals surface area contributed by atoms with Crippen molar-refractivity contribution in [3.05, 3.63) is 29.3 Å². The highest BCUT2D eigenvalue weighted by Gasteiger charge is 2.19. The van der Waals surface area contributed by atoms with Gasteiger partial charge in [0.1, 0.15) is 0 Å². The van der Waals surface area contributed by atoms with Crippen LogP contribution in [-0.4, -0.2) is 20.4 Å². The number of hydrogen-bond donors (Lipinski definition) is 1. The third-order valence-electron chi connectivity index (χ3n) is 2.11. The van der Waals surface area contributed by atoms with E-state index in [-0.39, 0.29) is 11.3 Å². The molecule has 0 amide bonds. The molecule has 1 aromatic carbocycles. The van der Waals surface area contributed by atoms with Crippen molar-refractivity contribution in [2.45, 2.75) is 24.3 Å². The second kappa shape index (κ2) is 5.48. The molecular weight excluding hydrogens is 266 g/mol. The molecule has 0 aromatic heterocycles. The number of rotatable bonds is 5. The highest BCUT2D eigenvalue weighted by atomic mass is 35.5. The Bertz CT molecular complexity index is 498. The molecule has 7 heteroatoms. The normalized spacial score (nSPS) is 13.3. The maximum absolute atomic E-state index is 11.8. The van der Waals surface area contributed by atoms with Gasteiger partial charge in [0.25, 0.3) is 0 Å². The zero-order chi connectivity index (χ0) is 13.1. The first kappa shape index (κ1) is 14.0. The molecule has 1 rings (SSSR count). The summed E-state index contributed by atoms with van der Waals surface area (Å²) in [4.78, 5) is 10.6. The number of benzene rings is 1. The predicted octanol–water partition coefficient (Wildman–Crippen LogP) is 0.147. The Morgan fingerprint density at radius 1 is 1.41 bits per heavy atom. The van der Waals surface area contributed by atoms with Crippen LogP contribution in [0, 0.1) is 0 Å². The Morgan fingerprint density at radius 2 is 1.94 bits per heavy atom. The largest absolute Gasteiger partial charge is 0.548 e. The number of aliphatic carboxylic acids is 1. The van der Waals surface area contributed by atoms with Crippen molar-refractivity contribution >= 4 is 27.6 Å². The van der Waals surface area contributed by atoms with Crippen molar-refractivity contribution in [3.8, 4) is 0 Å². The zero-order valence-electron chi connectivity index (χ0n) is 9.01. The zero-order valence-corrected chi connectivity index (χ0v) is 10.6. The van der Waals surface area contributed by atoms with E-state index in [9.17, 15) is 18.3 Å². The summed E-state index contributed by atoms with van der Waals surface area (Å²) >= 11 is 5.63. The van der Waals surface area contributed by atoms with Crippen LogP contribution in [-0.2, 0) is 14.8 Å². The second-order valence-corrected chi connectivity index (χ2v) is 5.51. The molecule has 0 saturated carbocycles. The van der Waals surface area contributed by atoms with Gasteiger partial charge in [-0.05, 0) is 30.7 Å². The first-order valence-corrected chi connectivity index (χ1v) is 6.71. The molecule has 94 valence electrons. The summed E-state index contributed by atoms with van der Waals surface area (Å²) in [5.41, 5.74) is 0. The summed E-state index contributed by atoms with van der Waals surface area (Å²) in [7, 11) is -3.86. The minimum atomic E-state index is -3.86. The quantitative estimate of drug-likeness (QED) is 0.829. The van der Waals surface area contributed by atoms with Crippen LogP contribution in [0.3, 0.4) is 0 Å². The van der Waals surface area contributed by atoms with E-state index >= 15 is 0 Å². The molecule has 0 bridgehead atoms. The lowest BCUT2D eigenvalue weighted by molar-refractivity contribution is -0.308. The van der Waals surface area contributed by atoms with Crippen molar-refractivity contribution in [2.24, 2.45) is 0 Å². The third-order valence-corrected chi connectivity index (χ3v) is 3.85. The summed E-state index contributed by atoms with van der Waals surface area (Å²) in [6.07, 6.45) is 0.106. The van der Waals surface area contributed by atoms with Crippen molar-refractivity contribution in [2.75, 3.05) is 0 Å². The maximum atomic E-state index is 11.8. The molecule has 17 heavy (non-hydrogen) atoms. The molecule has 0 aliphatic carbocycles. The van der Waals surface area contributed by atoms with Gasteiger partial charge in [-0.25, -0.2) is 13.1 Å². The monoisotopic (exact) mass is 276 g/mol. The van der Waals surface area contributed by atoms with Gasteiger partial charge < -0.3 is 9.90 Å². The second-order valence-electron chi connectivity index (χ2n) is 3.36. The lowest BCUT2D eigenvalue weighted by Crippen LogP contribution is -2.47. The lowest BCUT2D eigenvalue weighted by atomic mass is 10.2. The molecule has 1 unspecified atom stereocenters. The average Bonchev–Trinajstić information content (AvgIpc) is 2.26. The number of carbonyl (C=O) groups excluding carboxylic acids is 1. The smallest absolute Gasteiger partial charge is 0.241 e. The minimum absolute atomic E-state index is 0.0402. The van der Waals surface area contributed by atoms with Gasteiger partial charge in [0.2, 0.25) is 10.0 Å². The lowest BCUT2D eigenvalue weighted by Gasteiger charge is -2.17. The van der Waals surface area contributed by atoms with E-state index in [1.807, 2.05) is 4.72 Å². The van der Waals surface area contributed by atoms with Gasteiger partial charge in [0, 0.05) is 5.02 Å². The summed E-state index contributed by atoms with van der Waals surface area (Å²) < 4.78 is 25.6. The average molecular weight is 277 g/mol. The van der Waals surface area contributed by atoms with Gasteiger partial charge in [-0.15, -0.1) is 0 Å². The molecule has 0 radical (unpaired) electrons. The number of carbonyl (C=O) groups is 1. The number of halogens is 1. The van der Waals surface area contributed by atoms with E-state index in [1.165, 1.54) is 24.3 Å². The first-order chi connectivity index (χ1) is 7.86. The van der Waals surface area contributed by atoms with Crippen molar-refractivity contribution in [1.29, 1.82) is 0 Å². The van der Waals surface area contributed by atoms with Crippen molar-refractivity contribution < 1.29 is 18.3 Å². The number of sulfonamides is 1. The number of carboxylic acids is 1. The summed E-state index contributed by atoms with van der Waals surface area (Å²) in [6.45, 7) is 1.55. The molecule has 5 nitrogen and oxygen atoms in total. The summed E-state index contributed by atoms with van der Waals surface area (Å²) in [5, 5.41) is 11.0. The molecule has 1 atom stereocenters. The Kier molecular flexibility index (Phi) is 4.50. The SMILES string of the molecule is CCC(NS(=O)(=O)c1ccc(Cl)cc1)C(=O)[O-]. The van der Waals surface area contributed by atoms with Gasteiger partial charge >= 0.3 is 0 Å². The van der Waals surface area contributed by atoms with Gasteiger partial charge in [-0.2, -0.15) is 0 Å². The fourth-order valence-electron chi connectivity index (χ4n) is 1.17. The van der Waals surface area contributed by atoms with Crippen LogP contribution in [0.5, 0.6) is 0 Å². The highest BCUT2D eigenvalue weighted by Crippen LogP contribution is 2.14. The topological polar surface area (TPSA) is 86.3 Å². The van der Waals surface area contributed by atoms with Crippen molar-refractivity contribution in [3.63, 3.8) is 0 Å². The van der Waals surface area contributed by atoms with E-state index in [1.54, 1.807) is 6.92 Å². The number of carboxylic acid groups (broad SMARTS) is 1. The Labute approximate surface area is 104 Å². The maximum Gasteiger partial charge on any atom is 0.241 e. The first-order valence-electron chi connectivity index (χ1n) is 4.85. The molecule has 0 aliphatic heterocycles. The van der Waals surface area contributed by atoms with Gasteiger partial charge in [0.05, 0.1) is 16.9 Å². The number of hydrogen-bond acceptors (Lipinski definition) is 4. The summed E-state index contributed by atoms with van der Waals surface area (Å²) in [6, 6.07) is 4.18. The van der Waals surface area contributed by atoms with Crippen LogP contribution in [0.2, 0.25) is 5.02 Å². The van der Waals surface area contributed by atoms with Crippen LogP contribution >= 0.6 is 11.6 Å². The van der Waals surface area contributed by atoms with Crippen molar-refractivity contribution in [1.82, 2.24) is 4.72 Å². The summed E-state index contributed by atoms with van der Waals surface area (Å²) in [5.74, 6) is -1.45. The Hall–Kier alpha value is -1.11. The Morgan fingerprint density at radius 3 is 2.35 bits per heavy atom. The Balaban J connectivity index is 2.96. The van der Waals surface area contributed by atoms with Crippen LogP contribution in [0.25, 0.3) is 0 Å². The van der Waals surface area contributed by atoms with Crippen LogP contribution in [0.15, 0.2) is 29.2 Å². The van der Waals surface area contributed by atoms with Crippen LogP contribution < -0.4 is 9.83 Å². The highest BCUT2D eigenvalue weighted by molar-refractivity contribution is 7.89. The molecule has 1 N–H and O–H groups in total. The predicted molar refractivity (Wildman–Crippen MR) is 60.9 cm³/mol. The number of nitrogens with one attached hydrogen (secondary N) is 1. The fraction of sp³-hybridized carbons (Fsp3) is 0.300. The minimum Gasteiger partial charge on any atom is -0.548 e. The molecular formula is C10H11ClNO4S-. The molecule has 0 spiro atoms. The molecule has 0 aliphatic rings. The van der Waals surface area contributed by atoms with Gasteiger partial charge in [-0.3, -0.25) is 0 Å². The molecule has 0 saturated heterocycles.